The number of para-hydroxylation sites is 1. The van der Waals surface area contributed by atoms with Crippen molar-refractivity contribution in [2.45, 2.75) is 6.92 Å². The highest BCUT2D eigenvalue weighted by molar-refractivity contribution is 5.92. The van der Waals surface area contributed by atoms with Crippen molar-refractivity contribution in [2.24, 2.45) is 0 Å². The van der Waals surface area contributed by atoms with Crippen LogP contribution in [-0.2, 0) is 4.79 Å². The molecular formula is C25H20N6O2. The summed E-state index contributed by atoms with van der Waals surface area (Å²) in [5.41, 5.74) is 4.22. The Hall–Kier alpha value is -4.59. The molecule has 1 amide bonds. The maximum absolute atomic E-state index is 12.4. The Labute approximate surface area is 189 Å². The number of fused-ring (bicyclic) bond motifs is 1. The van der Waals surface area contributed by atoms with Crippen molar-refractivity contribution in [3.63, 3.8) is 0 Å². The molecule has 162 valence electrons. The molecule has 33 heavy (non-hydrogen) atoms. The molecule has 2 aromatic heterocycles. The highest BCUT2D eigenvalue weighted by Gasteiger charge is 2.13. The first kappa shape index (κ1) is 20.3. The number of rotatable bonds is 6. The second-order valence-electron chi connectivity index (χ2n) is 7.46. The summed E-state index contributed by atoms with van der Waals surface area (Å²) in [5.74, 6) is 0.602. The number of anilines is 1. The monoisotopic (exact) mass is 436 g/mol. The summed E-state index contributed by atoms with van der Waals surface area (Å²) in [6, 6.07) is 22.8. The van der Waals surface area contributed by atoms with Crippen LogP contribution in [0.5, 0.6) is 5.88 Å². The molecule has 8 nitrogen and oxygen atoms in total. The molecule has 1 N–H and O–H groups in total. The summed E-state index contributed by atoms with van der Waals surface area (Å²) in [6.45, 7) is 1.80. The molecule has 0 atom stereocenters. The predicted octanol–water partition coefficient (Wildman–Crippen LogP) is 4.20. The van der Waals surface area contributed by atoms with Gasteiger partial charge in [0.1, 0.15) is 12.7 Å². The van der Waals surface area contributed by atoms with E-state index >= 15 is 0 Å². The van der Waals surface area contributed by atoms with Crippen LogP contribution in [-0.4, -0.2) is 37.2 Å². The molecule has 8 heteroatoms. The van der Waals surface area contributed by atoms with Crippen molar-refractivity contribution < 1.29 is 9.53 Å². The Bertz CT molecular complexity index is 1420. The molecule has 0 bridgehead atoms. The third kappa shape index (κ3) is 4.54. The Morgan fingerprint density at radius 1 is 1.00 bits per heavy atom. The van der Waals surface area contributed by atoms with Crippen molar-refractivity contribution in [1.82, 2.24) is 24.7 Å². The summed E-state index contributed by atoms with van der Waals surface area (Å²) in [5, 5.41) is 7.72. The van der Waals surface area contributed by atoms with Gasteiger partial charge in [0.05, 0.1) is 16.6 Å². The van der Waals surface area contributed by atoms with Crippen molar-refractivity contribution in [3.05, 3.63) is 91.0 Å². The first-order chi connectivity index (χ1) is 16.2. The number of hydrogen-bond donors (Lipinski definition) is 1. The molecule has 0 saturated heterocycles. The van der Waals surface area contributed by atoms with Gasteiger partial charge in [0, 0.05) is 11.3 Å². The molecule has 2 heterocycles. The van der Waals surface area contributed by atoms with E-state index in [1.54, 1.807) is 11.0 Å². The molecule has 5 rings (SSSR count). The van der Waals surface area contributed by atoms with E-state index in [1.165, 1.54) is 6.33 Å². The van der Waals surface area contributed by atoms with Crippen LogP contribution in [0, 0.1) is 6.92 Å². The smallest absolute Gasteiger partial charge is 0.262 e. The van der Waals surface area contributed by atoms with E-state index in [1.807, 2.05) is 79.7 Å². The molecule has 0 saturated carbocycles. The summed E-state index contributed by atoms with van der Waals surface area (Å²) in [6.07, 6.45) is 3.12. The SMILES string of the molecule is Cc1cccc(NC(=O)COc2nc(-c3ccc(-n4cncn4)cc3)nc3ccccc23)c1. The van der Waals surface area contributed by atoms with Crippen LogP contribution in [0.25, 0.3) is 28.0 Å². The van der Waals surface area contributed by atoms with Gasteiger partial charge in [-0.25, -0.2) is 14.6 Å². The lowest BCUT2D eigenvalue weighted by molar-refractivity contribution is -0.118. The van der Waals surface area contributed by atoms with Crippen LogP contribution in [0.1, 0.15) is 5.56 Å². The van der Waals surface area contributed by atoms with Gasteiger partial charge in [-0.05, 0) is 61.0 Å². The van der Waals surface area contributed by atoms with Gasteiger partial charge in [-0.1, -0.05) is 24.3 Å². The van der Waals surface area contributed by atoms with Crippen molar-refractivity contribution >= 4 is 22.5 Å². The highest BCUT2D eigenvalue weighted by Crippen LogP contribution is 2.27. The Kier molecular flexibility index (Phi) is 5.47. The average molecular weight is 436 g/mol. The average Bonchev–Trinajstić information content (AvgIpc) is 3.38. The molecule has 0 aliphatic heterocycles. The number of benzene rings is 3. The lowest BCUT2D eigenvalue weighted by Crippen LogP contribution is -2.20. The number of ether oxygens (including phenoxy) is 1. The maximum Gasteiger partial charge on any atom is 0.262 e. The quantitative estimate of drug-likeness (QED) is 0.429. The van der Waals surface area contributed by atoms with Crippen molar-refractivity contribution in [3.8, 4) is 23.0 Å². The van der Waals surface area contributed by atoms with Crippen molar-refractivity contribution in [1.29, 1.82) is 0 Å². The van der Waals surface area contributed by atoms with E-state index in [-0.39, 0.29) is 12.5 Å². The van der Waals surface area contributed by atoms with Gasteiger partial charge in [0.15, 0.2) is 12.4 Å². The van der Waals surface area contributed by atoms with E-state index in [0.717, 1.165) is 33.4 Å². The van der Waals surface area contributed by atoms with E-state index in [0.29, 0.717) is 11.7 Å². The Balaban J connectivity index is 1.39. The number of nitrogens with zero attached hydrogens (tertiary/aromatic N) is 5. The zero-order valence-corrected chi connectivity index (χ0v) is 17.8. The second kappa shape index (κ2) is 8.88. The minimum absolute atomic E-state index is 0.167. The molecule has 0 radical (unpaired) electrons. The molecule has 0 spiro atoms. The predicted molar refractivity (Wildman–Crippen MR) is 125 cm³/mol. The molecule has 5 aromatic rings. The minimum Gasteiger partial charge on any atom is -0.467 e. The Morgan fingerprint density at radius 3 is 2.64 bits per heavy atom. The number of carbonyl (C=O) groups is 1. The van der Waals surface area contributed by atoms with E-state index in [2.05, 4.69) is 25.4 Å². The first-order valence-corrected chi connectivity index (χ1v) is 10.4. The van der Waals surface area contributed by atoms with Crippen LogP contribution in [0.4, 0.5) is 5.69 Å². The molecule has 0 fully saturated rings. The molecular weight excluding hydrogens is 416 g/mol. The van der Waals surface area contributed by atoms with Crippen molar-refractivity contribution in [2.75, 3.05) is 11.9 Å². The van der Waals surface area contributed by atoms with Crippen LogP contribution < -0.4 is 10.1 Å². The number of aryl methyl sites for hydroxylation is 1. The highest BCUT2D eigenvalue weighted by atomic mass is 16.5. The van der Waals surface area contributed by atoms with Crippen LogP contribution in [0.15, 0.2) is 85.5 Å². The largest absolute Gasteiger partial charge is 0.467 e. The minimum atomic E-state index is -0.262. The van der Waals surface area contributed by atoms with Gasteiger partial charge in [-0.3, -0.25) is 4.79 Å². The van der Waals surface area contributed by atoms with Crippen LogP contribution in [0.3, 0.4) is 0 Å². The Morgan fingerprint density at radius 2 is 1.85 bits per heavy atom. The first-order valence-electron chi connectivity index (χ1n) is 10.4. The number of amides is 1. The zero-order chi connectivity index (χ0) is 22.6. The van der Waals surface area contributed by atoms with Crippen LogP contribution in [0.2, 0.25) is 0 Å². The fourth-order valence-electron chi connectivity index (χ4n) is 3.45. The summed E-state index contributed by atoms with van der Waals surface area (Å²) in [7, 11) is 0. The topological polar surface area (TPSA) is 94.8 Å². The van der Waals surface area contributed by atoms with Gasteiger partial charge < -0.3 is 10.1 Å². The third-order valence-corrected chi connectivity index (χ3v) is 5.02. The molecule has 0 unspecified atom stereocenters. The standard InChI is InChI=1S/C25H20N6O2/c1-17-5-4-6-19(13-17)28-23(32)14-33-25-21-7-2-3-8-22(21)29-24(30-25)18-9-11-20(12-10-18)31-16-26-15-27-31/h2-13,15-16H,14H2,1H3,(H,28,32). The van der Waals surface area contributed by atoms with Gasteiger partial charge in [0.25, 0.3) is 5.91 Å². The van der Waals surface area contributed by atoms with E-state index in [4.69, 9.17) is 4.74 Å². The number of hydrogen-bond acceptors (Lipinski definition) is 6. The van der Waals surface area contributed by atoms with E-state index in [9.17, 15) is 4.79 Å². The lowest BCUT2D eigenvalue weighted by Gasteiger charge is -2.11. The van der Waals surface area contributed by atoms with Gasteiger partial charge >= 0.3 is 0 Å². The fraction of sp³-hybridized carbons (Fsp3) is 0.0800. The number of carbonyl (C=O) groups excluding carboxylic acids is 1. The molecule has 3 aromatic carbocycles. The third-order valence-electron chi connectivity index (χ3n) is 5.02. The maximum atomic E-state index is 12.4. The van der Waals surface area contributed by atoms with Crippen LogP contribution >= 0.6 is 0 Å². The number of aromatic nitrogens is 5. The zero-order valence-electron chi connectivity index (χ0n) is 17.8. The fourth-order valence-corrected chi connectivity index (χ4v) is 3.45. The summed E-state index contributed by atoms with van der Waals surface area (Å²) < 4.78 is 7.52. The van der Waals surface area contributed by atoms with Gasteiger partial charge in [-0.15, -0.1) is 0 Å². The summed E-state index contributed by atoms with van der Waals surface area (Å²) in [4.78, 5) is 25.7. The molecule has 0 aliphatic carbocycles. The van der Waals surface area contributed by atoms with Gasteiger partial charge in [-0.2, -0.15) is 10.1 Å². The second-order valence-corrected chi connectivity index (χ2v) is 7.46. The molecule has 0 aliphatic rings. The number of nitrogens with one attached hydrogen (secondary N) is 1. The van der Waals surface area contributed by atoms with E-state index < -0.39 is 0 Å². The normalized spacial score (nSPS) is 10.8. The lowest BCUT2D eigenvalue weighted by atomic mass is 10.1. The summed E-state index contributed by atoms with van der Waals surface area (Å²) >= 11 is 0. The van der Waals surface area contributed by atoms with Gasteiger partial charge in [0.2, 0.25) is 5.88 Å².